The molecule has 0 aliphatic heterocycles. The van der Waals surface area contributed by atoms with Crippen molar-refractivity contribution < 1.29 is 4.79 Å². The molecule has 1 aromatic carbocycles. The summed E-state index contributed by atoms with van der Waals surface area (Å²) in [5.41, 5.74) is 10.1. The molecular formula is C16H22Cl2N4OS. The zero-order chi connectivity index (χ0) is 15.6. The topological polar surface area (TPSA) is 71.2 Å². The van der Waals surface area contributed by atoms with Gasteiger partial charge in [-0.15, -0.1) is 36.2 Å². The van der Waals surface area contributed by atoms with Gasteiger partial charge in [-0.1, -0.05) is 12.1 Å². The molecule has 24 heavy (non-hydrogen) atoms. The summed E-state index contributed by atoms with van der Waals surface area (Å²) in [5.74, 6) is -0.0829. The average Bonchev–Trinajstić information content (AvgIpc) is 3.03. The number of aromatic nitrogens is 1. The van der Waals surface area contributed by atoms with Gasteiger partial charge in [-0.25, -0.2) is 4.98 Å². The molecule has 1 fully saturated rings. The number of benzene rings is 1. The number of anilines is 1. The number of amides is 1. The first kappa shape index (κ1) is 20.9. The van der Waals surface area contributed by atoms with E-state index in [-0.39, 0.29) is 30.7 Å². The van der Waals surface area contributed by atoms with Gasteiger partial charge in [0.2, 0.25) is 5.91 Å². The SMILES string of the molecule is CN(Cc1cccc(NC(=O)C2(N)CC2)c1)Cc1cscn1.Cl.Cl. The van der Waals surface area contributed by atoms with E-state index in [0.29, 0.717) is 0 Å². The third-order valence-electron chi connectivity index (χ3n) is 3.79. The molecule has 132 valence electrons. The molecule has 1 saturated carbocycles. The number of halogens is 2. The van der Waals surface area contributed by atoms with E-state index in [0.717, 1.165) is 42.9 Å². The van der Waals surface area contributed by atoms with E-state index in [2.05, 4.69) is 33.7 Å². The second-order valence-corrected chi connectivity index (χ2v) is 6.68. The Morgan fingerprint density at radius 2 is 2.12 bits per heavy atom. The molecule has 0 radical (unpaired) electrons. The number of thiazole rings is 1. The number of carbonyl (C=O) groups excluding carboxylic acids is 1. The lowest BCUT2D eigenvalue weighted by molar-refractivity contribution is -0.118. The van der Waals surface area contributed by atoms with Crippen LogP contribution in [0, 0.1) is 0 Å². The van der Waals surface area contributed by atoms with Crippen molar-refractivity contribution in [3.05, 3.63) is 46.4 Å². The highest BCUT2D eigenvalue weighted by Crippen LogP contribution is 2.33. The van der Waals surface area contributed by atoms with Crippen molar-refractivity contribution in [3.63, 3.8) is 0 Å². The maximum Gasteiger partial charge on any atom is 0.244 e. The fourth-order valence-corrected chi connectivity index (χ4v) is 2.87. The number of nitrogens with zero attached hydrogens (tertiary/aromatic N) is 2. The second-order valence-electron chi connectivity index (χ2n) is 5.96. The normalized spacial score (nSPS) is 14.5. The summed E-state index contributed by atoms with van der Waals surface area (Å²) in [6.45, 7) is 1.61. The molecule has 1 aromatic heterocycles. The number of nitrogens with two attached hydrogens (primary N) is 1. The zero-order valence-electron chi connectivity index (χ0n) is 13.4. The van der Waals surface area contributed by atoms with Crippen molar-refractivity contribution in [1.82, 2.24) is 9.88 Å². The lowest BCUT2D eigenvalue weighted by Crippen LogP contribution is -2.37. The minimum Gasteiger partial charge on any atom is -0.324 e. The Hall–Kier alpha value is -1.18. The Kier molecular flexibility index (Phi) is 7.63. The fraction of sp³-hybridized carbons (Fsp3) is 0.375. The molecule has 3 N–H and O–H groups in total. The van der Waals surface area contributed by atoms with Gasteiger partial charge in [-0.2, -0.15) is 0 Å². The minimum atomic E-state index is -0.641. The highest BCUT2D eigenvalue weighted by atomic mass is 35.5. The molecule has 0 atom stereocenters. The largest absolute Gasteiger partial charge is 0.324 e. The van der Waals surface area contributed by atoms with E-state index in [4.69, 9.17) is 5.73 Å². The molecule has 3 rings (SSSR count). The number of nitrogens with one attached hydrogen (secondary N) is 1. The zero-order valence-corrected chi connectivity index (χ0v) is 15.8. The van der Waals surface area contributed by atoms with E-state index in [1.807, 2.05) is 23.7 Å². The summed E-state index contributed by atoms with van der Waals surface area (Å²) in [4.78, 5) is 18.5. The van der Waals surface area contributed by atoms with Crippen LogP contribution in [0.5, 0.6) is 0 Å². The van der Waals surface area contributed by atoms with E-state index >= 15 is 0 Å². The minimum absolute atomic E-state index is 0. The first-order chi connectivity index (χ1) is 10.5. The van der Waals surface area contributed by atoms with E-state index in [9.17, 15) is 4.79 Å². The molecule has 0 saturated heterocycles. The van der Waals surface area contributed by atoms with Crippen LogP contribution in [0.3, 0.4) is 0 Å². The van der Waals surface area contributed by atoms with Gasteiger partial charge in [0.25, 0.3) is 0 Å². The Morgan fingerprint density at radius 1 is 1.38 bits per heavy atom. The number of rotatable bonds is 6. The van der Waals surface area contributed by atoms with Crippen LogP contribution in [0.1, 0.15) is 24.1 Å². The van der Waals surface area contributed by atoms with Gasteiger partial charge in [0.15, 0.2) is 0 Å². The standard InChI is InChI=1S/C16H20N4OS.2ClH/c1-20(9-14-10-22-11-18-14)8-12-3-2-4-13(7-12)19-15(21)16(17)5-6-16;;/h2-4,7,10-11H,5-6,8-9,17H2,1H3,(H,19,21);2*1H. The first-order valence-electron chi connectivity index (χ1n) is 7.30. The van der Waals surface area contributed by atoms with Crippen LogP contribution >= 0.6 is 36.2 Å². The third-order valence-corrected chi connectivity index (χ3v) is 4.43. The molecule has 1 aliphatic carbocycles. The van der Waals surface area contributed by atoms with E-state index < -0.39 is 5.54 Å². The van der Waals surface area contributed by atoms with Gasteiger partial charge < -0.3 is 11.1 Å². The number of hydrogen-bond donors (Lipinski definition) is 2. The molecule has 0 unspecified atom stereocenters. The maximum absolute atomic E-state index is 12.0. The highest BCUT2D eigenvalue weighted by Gasteiger charge is 2.45. The maximum atomic E-state index is 12.0. The van der Waals surface area contributed by atoms with Crippen molar-refractivity contribution in [2.24, 2.45) is 5.73 Å². The molecular weight excluding hydrogens is 367 g/mol. The summed E-state index contributed by atoms with van der Waals surface area (Å²) in [6.07, 6.45) is 1.55. The highest BCUT2D eigenvalue weighted by molar-refractivity contribution is 7.07. The molecule has 1 heterocycles. The predicted molar refractivity (Wildman–Crippen MR) is 103 cm³/mol. The van der Waals surface area contributed by atoms with E-state index in [1.54, 1.807) is 11.3 Å². The van der Waals surface area contributed by atoms with Crippen LogP contribution in [0.4, 0.5) is 5.69 Å². The van der Waals surface area contributed by atoms with Crippen LogP contribution in [0.2, 0.25) is 0 Å². The number of carbonyl (C=O) groups is 1. The summed E-state index contributed by atoms with van der Waals surface area (Å²) < 4.78 is 0. The van der Waals surface area contributed by atoms with Gasteiger partial charge in [0.1, 0.15) is 0 Å². The van der Waals surface area contributed by atoms with Crippen LogP contribution in [-0.2, 0) is 17.9 Å². The van der Waals surface area contributed by atoms with Crippen molar-refractivity contribution in [2.45, 2.75) is 31.5 Å². The fourth-order valence-electron chi connectivity index (χ4n) is 2.32. The van der Waals surface area contributed by atoms with Gasteiger partial charge in [0.05, 0.1) is 16.7 Å². The predicted octanol–water partition coefficient (Wildman–Crippen LogP) is 3.05. The van der Waals surface area contributed by atoms with Crippen molar-refractivity contribution >= 4 is 47.7 Å². The Balaban J connectivity index is 0.00000144. The van der Waals surface area contributed by atoms with Crippen molar-refractivity contribution in [3.8, 4) is 0 Å². The quantitative estimate of drug-likeness (QED) is 0.797. The van der Waals surface area contributed by atoms with Crippen molar-refractivity contribution in [1.29, 1.82) is 0 Å². The Bertz CT molecular complexity index is 662. The first-order valence-corrected chi connectivity index (χ1v) is 8.24. The van der Waals surface area contributed by atoms with Crippen LogP contribution < -0.4 is 11.1 Å². The lowest BCUT2D eigenvalue weighted by Gasteiger charge is -2.16. The molecule has 1 aliphatic rings. The molecule has 1 amide bonds. The van der Waals surface area contributed by atoms with Crippen LogP contribution in [-0.4, -0.2) is 28.4 Å². The second kappa shape index (κ2) is 8.78. The third kappa shape index (κ3) is 5.43. The van der Waals surface area contributed by atoms with Gasteiger partial charge in [0, 0.05) is 24.2 Å². The molecule has 2 aromatic rings. The van der Waals surface area contributed by atoms with Gasteiger partial charge in [-0.3, -0.25) is 9.69 Å². The molecule has 0 bridgehead atoms. The van der Waals surface area contributed by atoms with E-state index in [1.165, 1.54) is 0 Å². The molecule has 0 spiro atoms. The molecule has 8 heteroatoms. The lowest BCUT2D eigenvalue weighted by atomic mass is 10.1. The van der Waals surface area contributed by atoms with Gasteiger partial charge >= 0.3 is 0 Å². The molecule has 5 nitrogen and oxygen atoms in total. The number of hydrogen-bond acceptors (Lipinski definition) is 5. The summed E-state index contributed by atoms with van der Waals surface area (Å²) in [6, 6.07) is 7.91. The average molecular weight is 389 g/mol. The Labute approximate surface area is 158 Å². The smallest absolute Gasteiger partial charge is 0.244 e. The van der Waals surface area contributed by atoms with Gasteiger partial charge in [-0.05, 0) is 37.6 Å². The summed E-state index contributed by atoms with van der Waals surface area (Å²) >= 11 is 1.61. The van der Waals surface area contributed by atoms with Crippen LogP contribution in [0.25, 0.3) is 0 Å². The summed E-state index contributed by atoms with van der Waals surface area (Å²) in [7, 11) is 2.06. The Morgan fingerprint density at radius 3 is 2.75 bits per heavy atom. The summed E-state index contributed by atoms with van der Waals surface area (Å²) in [5, 5.41) is 4.97. The van der Waals surface area contributed by atoms with Crippen LogP contribution in [0.15, 0.2) is 35.2 Å². The monoisotopic (exact) mass is 388 g/mol. The van der Waals surface area contributed by atoms with Crippen molar-refractivity contribution in [2.75, 3.05) is 12.4 Å².